The molecule has 1 saturated carbocycles. The molecule has 0 aromatic carbocycles. The molecule has 0 radical (unpaired) electrons. The van der Waals surface area contributed by atoms with Gasteiger partial charge in [0.15, 0.2) is 0 Å². The summed E-state index contributed by atoms with van der Waals surface area (Å²) in [4.78, 5) is 4.84. The van der Waals surface area contributed by atoms with Crippen molar-refractivity contribution in [2.75, 3.05) is 0 Å². The van der Waals surface area contributed by atoms with Crippen LogP contribution in [0.5, 0.6) is 0 Å². The maximum absolute atomic E-state index is 6.84. The monoisotopic (exact) mass is 397 g/mol. The Kier molecular flexibility index (Phi) is 6.40. The zero-order valence-electron chi connectivity index (χ0n) is 19.7. The van der Waals surface area contributed by atoms with Crippen LogP contribution in [0.25, 0.3) is 0 Å². The maximum Gasteiger partial charge on any atom is 0.0858 e. The van der Waals surface area contributed by atoms with E-state index in [1.54, 1.807) is 5.57 Å². The van der Waals surface area contributed by atoms with Crippen LogP contribution < -0.4 is 0 Å². The minimum absolute atomic E-state index is 0.283. The van der Waals surface area contributed by atoms with E-state index in [0.29, 0.717) is 18.1 Å². The van der Waals surface area contributed by atoms with Gasteiger partial charge in [0.2, 0.25) is 0 Å². The fraction of sp³-hybridized carbons (Fsp3) is 0.815. The highest BCUT2D eigenvalue weighted by molar-refractivity contribution is 5.62. The summed E-state index contributed by atoms with van der Waals surface area (Å²) in [6.07, 6.45) is 14.0. The van der Waals surface area contributed by atoms with Crippen molar-refractivity contribution in [3.63, 3.8) is 0 Å². The molecule has 1 heterocycles. The van der Waals surface area contributed by atoms with Gasteiger partial charge in [0.05, 0.1) is 18.2 Å². The van der Waals surface area contributed by atoms with E-state index in [4.69, 9.17) is 9.73 Å². The van der Waals surface area contributed by atoms with E-state index in [1.807, 2.05) is 5.57 Å². The third kappa shape index (κ3) is 4.16. The Bertz CT molecular complexity index is 687. The molecule has 0 aromatic rings. The van der Waals surface area contributed by atoms with Crippen LogP contribution in [0.1, 0.15) is 86.5 Å². The summed E-state index contributed by atoms with van der Waals surface area (Å²) in [5.74, 6) is 4.58. The summed E-state index contributed by atoms with van der Waals surface area (Å²) in [5.41, 5.74) is 5.01. The Morgan fingerprint density at radius 1 is 1.17 bits per heavy atom. The van der Waals surface area contributed by atoms with Crippen molar-refractivity contribution in [1.82, 2.24) is 0 Å². The fourth-order valence-electron chi connectivity index (χ4n) is 6.85. The number of ether oxygens (including phenoxy) is 1. The molecule has 1 aliphatic heterocycles. The largest absolute Gasteiger partial charge is 0.370 e. The molecule has 4 rings (SSSR count). The summed E-state index contributed by atoms with van der Waals surface area (Å²) in [6, 6.07) is 0.386. The molecule has 8 atom stereocenters. The molecule has 0 spiro atoms. The van der Waals surface area contributed by atoms with Crippen molar-refractivity contribution in [1.29, 1.82) is 0 Å². The number of aliphatic imine (C=N–C) groups is 1. The van der Waals surface area contributed by atoms with Crippen LogP contribution in [-0.4, -0.2) is 24.5 Å². The lowest BCUT2D eigenvalue weighted by molar-refractivity contribution is -0.0324. The van der Waals surface area contributed by atoms with Crippen LogP contribution in [0, 0.1) is 35.5 Å². The average molecular weight is 398 g/mol. The van der Waals surface area contributed by atoms with Crippen LogP contribution in [0.2, 0.25) is 0 Å². The first-order valence-electron chi connectivity index (χ1n) is 12.5. The number of allylic oxidation sites excluding steroid dienone is 3. The Balaban J connectivity index is 1.42. The van der Waals surface area contributed by atoms with Gasteiger partial charge in [-0.1, -0.05) is 51.8 Å². The number of fused-ring (bicyclic) bond motifs is 2. The highest BCUT2D eigenvalue weighted by atomic mass is 16.5. The van der Waals surface area contributed by atoms with Crippen molar-refractivity contribution >= 4 is 6.21 Å². The van der Waals surface area contributed by atoms with Crippen molar-refractivity contribution in [3.05, 3.63) is 22.8 Å². The minimum atomic E-state index is 0.283. The van der Waals surface area contributed by atoms with Crippen LogP contribution in [0.4, 0.5) is 0 Å². The highest BCUT2D eigenvalue weighted by Gasteiger charge is 2.42. The van der Waals surface area contributed by atoms with Gasteiger partial charge in [-0.15, -0.1) is 0 Å². The van der Waals surface area contributed by atoms with Gasteiger partial charge in [0.1, 0.15) is 0 Å². The van der Waals surface area contributed by atoms with E-state index in [0.717, 1.165) is 36.0 Å². The SMILES string of the molecule is CCC1C=C2C(CC1C)N=CCC2OC1CCC2C(C(C)C(C)C)=C(C)CC2C1. The van der Waals surface area contributed by atoms with E-state index in [-0.39, 0.29) is 6.10 Å². The van der Waals surface area contributed by atoms with Crippen molar-refractivity contribution in [2.24, 2.45) is 40.5 Å². The van der Waals surface area contributed by atoms with Crippen molar-refractivity contribution in [2.45, 2.75) is 105 Å². The summed E-state index contributed by atoms with van der Waals surface area (Å²) >= 11 is 0. The second-order valence-electron chi connectivity index (χ2n) is 10.9. The van der Waals surface area contributed by atoms with Gasteiger partial charge in [-0.25, -0.2) is 0 Å². The van der Waals surface area contributed by atoms with Crippen LogP contribution in [-0.2, 0) is 4.74 Å². The summed E-state index contributed by atoms with van der Waals surface area (Å²) in [6.45, 7) is 14.4. The number of hydrogen-bond acceptors (Lipinski definition) is 2. The first-order chi connectivity index (χ1) is 13.9. The summed E-state index contributed by atoms with van der Waals surface area (Å²) < 4.78 is 6.84. The van der Waals surface area contributed by atoms with Crippen LogP contribution in [0.15, 0.2) is 27.8 Å². The number of rotatable bonds is 5. The standard InChI is InChI=1S/C27H43NO/c1-7-20-15-24-25(13-17(20)4)28-11-10-26(24)29-22-8-9-23-21(14-22)12-18(5)27(23)19(6)16(2)3/h11,15-17,19-23,25-26H,7-10,12-14H2,1-6H3. The Hall–Kier alpha value is -0.890. The van der Waals surface area contributed by atoms with E-state index in [2.05, 4.69) is 53.8 Å². The van der Waals surface area contributed by atoms with E-state index < -0.39 is 0 Å². The molecule has 8 unspecified atom stereocenters. The quantitative estimate of drug-likeness (QED) is 0.457. The van der Waals surface area contributed by atoms with Gasteiger partial charge in [-0.2, -0.15) is 0 Å². The predicted octanol–water partition coefficient (Wildman–Crippen LogP) is 7.00. The number of hydrogen-bond donors (Lipinski definition) is 0. The predicted molar refractivity (Wildman–Crippen MR) is 123 cm³/mol. The lowest BCUT2D eigenvalue weighted by Crippen LogP contribution is -2.38. The third-order valence-corrected chi connectivity index (χ3v) is 8.81. The maximum atomic E-state index is 6.84. The van der Waals surface area contributed by atoms with Gasteiger partial charge >= 0.3 is 0 Å². The molecule has 0 bridgehead atoms. The van der Waals surface area contributed by atoms with Crippen molar-refractivity contribution < 1.29 is 4.74 Å². The van der Waals surface area contributed by atoms with Crippen LogP contribution in [0.3, 0.4) is 0 Å². The second-order valence-corrected chi connectivity index (χ2v) is 10.9. The third-order valence-electron chi connectivity index (χ3n) is 8.81. The molecule has 2 nitrogen and oxygen atoms in total. The smallest absolute Gasteiger partial charge is 0.0858 e. The number of nitrogens with zero attached hydrogens (tertiary/aromatic N) is 1. The molecule has 0 N–H and O–H groups in total. The van der Waals surface area contributed by atoms with Gasteiger partial charge in [0.25, 0.3) is 0 Å². The molecular formula is C27H43NO. The Morgan fingerprint density at radius 3 is 2.69 bits per heavy atom. The zero-order valence-corrected chi connectivity index (χ0v) is 19.7. The molecule has 0 saturated heterocycles. The summed E-state index contributed by atoms with van der Waals surface area (Å²) in [7, 11) is 0. The van der Waals surface area contributed by atoms with Crippen molar-refractivity contribution in [3.8, 4) is 0 Å². The first-order valence-corrected chi connectivity index (χ1v) is 12.5. The molecule has 29 heavy (non-hydrogen) atoms. The second kappa shape index (κ2) is 8.69. The fourth-order valence-corrected chi connectivity index (χ4v) is 6.85. The van der Waals surface area contributed by atoms with E-state index >= 15 is 0 Å². The van der Waals surface area contributed by atoms with Gasteiger partial charge in [-0.05, 0) is 86.5 Å². The van der Waals surface area contributed by atoms with Crippen LogP contribution >= 0.6 is 0 Å². The van der Waals surface area contributed by atoms with Gasteiger partial charge in [0, 0.05) is 12.6 Å². The molecule has 0 amide bonds. The zero-order chi connectivity index (χ0) is 20.7. The van der Waals surface area contributed by atoms with Gasteiger partial charge < -0.3 is 4.74 Å². The topological polar surface area (TPSA) is 21.6 Å². The Morgan fingerprint density at radius 2 is 1.97 bits per heavy atom. The first kappa shape index (κ1) is 21.3. The molecular weight excluding hydrogens is 354 g/mol. The molecule has 2 heteroatoms. The highest BCUT2D eigenvalue weighted by Crippen LogP contribution is 2.50. The molecule has 1 fully saturated rings. The Labute approximate surface area is 179 Å². The minimum Gasteiger partial charge on any atom is -0.370 e. The normalized spacial score (nSPS) is 40.7. The van der Waals surface area contributed by atoms with Gasteiger partial charge in [-0.3, -0.25) is 4.99 Å². The molecule has 3 aliphatic carbocycles. The van der Waals surface area contributed by atoms with E-state index in [1.165, 1.54) is 44.1 Å². The average Bonchev–Trinajstić information content (AvgIpc) is 3.01. The summed E-state index contributed by atoms with van der Waals surface area (Å²) in [5, 5.41) is 0. The lowest BCUT2D eigenvalue weighted by atomic mass is 9.73. The van der Waals surface area contributed by atoms with E-state index in [9.17, 15) is 0 Å². The lowest BCUT2D eigenvalue weighted by Gasteiger charge is -2.40. The molecule has 162 valence electrons. The molecule has 0 aromatic heterocycles. The molecule has 4 aliphatic rings.